The lowest BCUT2D eigenvalue weighted by molar-refractivity contribution is -0.121. The summed E-state index contributed by atoms with van der Waals surface area (Å²) in [6.45, 7) is 0.271. The monoisotopic (exact) mass is 406 g/mol. The molecule has 0 aliphatic carbocycles. The zero-order chi connectivity index (χ0) is 20.5. The fraction of sp³-hybridized carbons (Fsp3) is 0.263. The lowest BCUT2D eigenvalue weighted by Gasteiger charge is -2.32. The van der Waals surface area contributed by atoms with Gasteiger partial charge in [0.05, 0.1) is 10.6 Å². The van der Waals surface area contributed by atoms with Crippen molar-refractivity contribution in [2.45, 2.75) is 23.8 Å². The first-order valence-electron chi connectivity index (χ1n) is 8.58. The lowest BCUT2D eigenvalue weighted by Crippen LogP contribution is -2.52. The van der Waals surface area contributed by atoms with Crippen LogP contribution >= 0.6 is 0 Å². The van der Waals surface area contributed by atoms with E-state index in [1.807, 2.05) is 0 Å². The second kappa shape index (κ2) is 7.59. The molecule has 7 nitrogen and oxygen atoms in total. The van der Waals surface area contributed by atoms with Crippen molar-refractivity contribution >= 4 is 27.5 Å². The van der Waals surface area contributed by atoms with E-state index < -0.39 is 33.7 Å². The van der Waals surface area contributed by atoms with Gasteiger partial charge in [-0.3, -0.25) is 4.79 Å². The Hall–Kier alpha value is -2.94. The van der Waals surface area contributed by atoms with Crippen molar-refractivity contribution in [1.82, 2.24) is 5.32 Å². The van der Waals surface area contributed by atoms with Gasteiger partial charge < -0.3 is 15.3 Å². The largest absolute Gasteiger partial charge is 0.465 e. The van der Waals surface area contributed by atoms with Crippen LogP contribution in [0.2, 0.25) is 0 Å². The molecule has 2 amide bonds. The molecule has 2 N–H and O–H groups in total. The van der Waals surface area contributed by atoms with Crippen molar-refractivity contribution in [3.05, 3.63) is 48.3 Å². The van der Waals surface area contributed by atoms with Crippen molar-refractivity contribution < 1.29 is 27.5 Å². The Morgan fingerprint density at radius 3 is 2.61 bits per heavy atom. The van der Waals surface area contributed by atoms with Crippen LogP contribution in [-0.2, 0) is 14.6 Å². The zero-order valence-corrected chi connectivity index (χ0v) is 15.9. The summed E-state index contributed by atoms with van der Waals surface area (Å²) in [7, 11) is -3.50. The second-order valence-electron chi connectivity index (χ2n) is 6.57. The van der Waals surface area contributed by atoms with Gasteiger partial charge in [0.1, 0.15) is 11.9 Å². The average molecular weight is 406 g/mol. The SMILES string of the molecule is CS(=O)(=O)c1ccccc1-c1ccc(N2CCC[C@@H](NC(=O)O)C2=O)c(F)c1. The van der Waals surface area contributed by atoms with E-state index in [2.05, 4.69) is 5.32 Å². The highest BCUT2D eigenvalue weighted by Crippen LogP contribution is 2.32. The van der Waals surface area contributed by atoms with Gasteiger partial charge in [0.2, 0.25) is 5.91 Å². The molecular weight excluding hydrogens is 387 g/mol. The molecule has 1 saturated heterocycles. The first-order chi connectivity index (χ1) is 13.2. The maximum Gasteiger partial charge on any atom is 0.405 e. The molecule has 148 valence electrons. The molecule has 0 bridgehead atoms. The van der Waals surface area contributed by atoms with Gasteiger partial charge in [0, 0.05) is 18.4 Å². The van der Waals surface area contributed by atoms with Crippen molar-refractivity contribution in [2.75, 3.05) is 17.7 Å². The number of rotatable bonds is 4. The maximum absolute atomic E-state index is 14.8. The average Bonchev–Trinajstić information content (AvgIpc) is 2.63. The number of piperidine rings is 1. The number of amides is 2. The van der Waals surface area contributed by atoms with Gasteiger partial charge in [-0.25, -0.2) is 17.6 Å². The fourth-order valence-electron chi connectivity index (χ4n) is 3.32. The smallest absolute Gasteiger partial charge is 0.405 e. The molecule has 9 heteroatoms. The standard InChI is InChI=1S/C19H19FN2O5S/c1-28(26,27)17-7-3-2-5-13(17)12-8-9-16(14(20)11-12)22-10-4-6-15(18(22)23)21-19(24)25/h2-3,5,7-9,11,15,21H,4,6,10H2,1H3,(H,24,25)/t15-/m1/s1. The number of nitrogens with one attached hydrogen (secondary N) is 1. The van der Waals surface area contributed by atoms with Gasteiger partial charge in [-0.1, -0.05) is 24.3 Å². The van der Waals surface area contributed by atoms with Gasteiger partial charge in [0.15, 0.2) is 9.84 Å². The number of sulfone groups is 1. The summed E-state index contributed by atoms with van der Waals surface area (Å²) in [5.74, 6) is -1.21. The summed E-state index contributed by atoms with van der Waals surface area (Å²) in [4.78, 5) is 24.6. The first kappa shape index (κ1) is 19.8. The van der Waals surface area contributed by atoms with E-state index >= 15 is 0 Å². The van der Waals surface area contributed by atoms with Gasteiger partial charge in [0.25, 0.3) is 0 Å². The number of halogens is 1. The summed E-state index contributed by atoms with van der Waals surface area (Å²) in [5, 5.41) is 11.0. The van der Waals surface area contributed by atoms with Crippen LogP contribution in [0, 0.1) is 5.82 Å². The Morgan fingerprint density at radius 2 is 1.96 bits per heavy atom. The Bertz CT molecular complexity index is 1040. The molecule has 1 heterocycles. The van der Waals surface area contributed by atoms with E-state index in [1.165, 1.54) is 23.1 Å². The third kappa shape index (κ3) is 3.99. The molecule has 0 spiro atoms. The Labute approximate surface area is 161 Å². The molecule has 0 aromatic heterocycles. The lowest BCUT2D eigenvalue weighted by atomic mass is 10.0. The van der Waals surface area contributed by atoms with Crippen molar-refractivity contribution in [2.24, 2.45) is 0 Å². The zero-order valence-electron chi connectivity index (χ0n) is 15.1. The molecular formula is C19H19FN2O5S. The maximum atomic E-state index is 14.8. The molecule has 2 aromatic carbocycles. The minimum Gasteiger partial charge on any atom is -0.465 e. The third-order valence-corrected chi connectivity index (χ3v) is 5.73. The van der Waals surface area contributed by atoms with Gasteiger partial charge in [-0.15, -0.1) is 0 Å². The Balaban J connectivity index is 1.96. The number of anilines is 1. The Kier molecular flexibility index (Phi) is 5.37. The molecule has 28 heavy (non-hydrogen) atoms. The number of carboxylic acid groups (broad SMARTS) is 1. The van der Waals surface area contributed by atoms with Crippen molar-refractivity contribution in [1.29, 1.82) is 0 Å². The van der Waals surface area contributed by atoms with Crippen LogP contribution in [0.15, 0.2) is 47.4 Å². The third-order valence-electron chi connectivity index (χ3n) is 4.57. The fourth-order valence-corrected chi connectivity index (χ4v) is 4.23. The quantitative estimate of drug-likeness (QED) is 0.812. The predicted octanol–water partition coefficient (Wildman–Crippen LogP) is 2.66. The number of carbonyl (C=O) groups excluding carboxylic acids is 1. The molecule has 1 aliphatic heterocycles. The highest BCUT2D eigenvalue weighted by Gasteiger charge is 2.32. The Morgan fingerprint density at radius 1 is 1.25 bits per heavy atom. The van der Waals surface area contributed by atoms with E-state index in [0.29, 0.717) is 24.0 Å². The summed E-state index contributed by atoms with van der Waals surface area (Å²) in [6.07, 6.45) is 0.643. The van der Waals surface area contributed by atoms with Crippen molar-refractivity contribution in [3.8, 4) is 11.1 Å². The van der Waals surface area contributed by atoms with Crippen LogP contribution in [0.25, 0.3) is 11.1 Å². The topological polar surface area (TPSA) is 104 Å². The number of benzene rings is 2. The molecule has 0 unspecified atom stereocenters. The van der Waals surface area contributed by atoms with Gasteiger partial charge in [-0.2, -0.15) is 0 Å². The van der Waals surface area contributed by atoms with Crippen molar-refractivity contribution in [3.63, 3.8) is 0 Å². The number of hydrogen-bond donors (Lipinski definition) is 2. The van der Waals surface area contributed by atoms with Crippen LogP contribution in [0.3, 0.4) is 0 Å². The summed E-state index contributed by atoms with van der Waals surface area (Å²) in [5.41, 5.74) is 0.764. The van der Waals surface area contributed by atoms with Crippen LogP contribution < -0.4 is 10.2 Å². The molecule has 2 aromatic rings. The summed E-state index contributed by atoms with van der Waals surface area (Å²) >= 11 is 0. The number of hydrogen-bond acceptors (Lipinski definition) is 4. The molecule has 0 saturated carbocycles. The molecule has 1 atom stereocenters. The van der Waals surface area contributed by atoms with Crippen LogP contribution in [0.1, 0.15) is 12.8 Å². The molecule has 0 radical (unpaired) electrons. The molecule has 1 fully saturated rings. The second-order valence-corrected chi connectivity index (χ2v) is 8.55. The van der Waals surface area contributed by atoms with Crippen LogP contribution in [0.5, 0.6) is 0 Å². The first-order valence-corrected chi connectivity index (χ1v) is 10.5. The van der Waals surface area contributed by atoms with Crippen LogP contribution in [0.4, 0.5) is 14.9 Å². The predicted molar refractivity (Wildman–Crippen MR) is 101 cm³/mol. The minimum atomic E-state index is -3.50. The normalized spacial score (nSPS) is 17.4. The van der Waals surface area contributed by atoms with E-state index in [1.54, 1.807) is 24.3 Å². The highest BCUT2D eigenvalue weighted by molar-refractivity contribution is 7.90. The van der Waals surface area contributed by atoms with E-state index in [0.717, 1.165) is 6.26 Å². The summed E-state index contributed by atoms with van der Waals surface area (Å²) < 4.78 is 38.8. The summed E-state index contributed by atoms with van der Waals surface area (Å²) in [6, 6.07) is 9.50. The van der Waals surface area contributed by atoms with E-state index in [4.69, 9.17) is 5.11 Å². The number of carbonyl (C=O) groups is 2. The van der Waals surface area contributed by atoms with Gasteiger partial charge in [-0.05, 0) is 36.6 Å². The minimum absolute atomic E-state index is 0.0301. The van der Waals surface area contributed by atoms with Crippen LogP contribution in [-0.4, -0.2) is 44.4 Å². The molecule has 3 rings (SSSR count). The van der Waals surface area contributed by atoms with Gasteiger partial charge >= 0.3 is 6.09 Å². The van der Waals surface area contributed by atoms with E-state index in [-0.39, 0.29) is 17.1 Å². The van der Waals surface area contributed by atoms with E-state index in [9.17, 15) is 22.4 Å². The number of nitrogens with zero attached hydrogens (tertiary/aromatic N) is 1. The molecule has 1 aliphatic rings. The highest BCUT2D eigenvalue weighted by atomic mass is 32.2.